The number of carbonyl (C=O) groups is 3. The van der Waals surface area contributed by atoms with Gasteiger partial charge in [0.05, 0.1) is 6.54 Å². The summed E-state index contributed by atoms with van der Waals surface area (Å²) in [4.78, 5) is 40.1. The van der Waals surface area contributed by atoms with Crippen LogP contribution in [0.4, 0.5) is 4.79 Å². The van der Waals surface area contributed by atoms with Crippen molar-refractivity contribution in [3.05, 3.63) is 82.9 Å². The number of aryl methyl sites for hydroxylation is 2. The van der Waals surface area contributed by atoms with Gasteiger partial charge in [-0.2, -0.15) is 0 Å². The second-order valence-electron chi connectivity index (χ2n) is 8.59. The standard InChI is InChI=1S/C26H24N2O3/c1-26(22-12-6-10-18-8-4-5-11-21(18)22)24(30)28(25(31)27-26)16-23(29)20-14-13-17-7-2-3-9-19(17)15-20/h4-6,8,10-15H,2-3,7,9,16H2,1H3,(H,27,31)/t26-/m0/s1. The maximum absolute atomic E-state index is 13.4. The largest absolute Gasteiger partial charge is 0.325 e. The lowest BCUT2D eigenvalue weighted by Gasteiger charge is -2.24. The molecule has 31 heavy (non-hydrogen) atoms. The van der Waals surface area contributed by atoms with Crippen molar-refractivity contribution < 1.29 is 14.4 Å². The summed E-state index contributed by atoms with van der Waals surface area (Å²) in [6.45, 7) is 1.45. The lowest BCUT2D eigenvalue weighted by Crippen LogP contribution is -2.41. The highest BCUT2D eigenvalue weighted by Gasteiger charge is 2.50. The fraction of sp³-hybridized carbons (Fsp3) is 0.269. The highest BCUT2D eigenvalue weighted by Crippen LogP contribution is 2.34. The average Bonchev–Trinajstić information content (AvgIpc) is 3.02. The number of hydrogen-bond acceptors (Lipinski definition) is 3. The van der Waals surface area contributed by atoms with E-state index in [1.54, 1.807) is 6.92 Å². The first-order valence-electron chi connectivity index (χ1n) is 10.7. The van der Waals surface area contributed by atoms with Crippen molar-refractivity contribution in [2.24, 2.45) is 0 Å². The molecule has 1 atom stereocenters. The highest BCUT2D eigenvalue weighted by molar-refractivity contribution is 6.12. The van der Waals surface area contributed by atoms with Gasteiger partial charge in [0.25, 0.3) is 5.91 Å². The summed E-state index contributed by atoms with van der Waals surface area (Å²) < 4.78 is 0. The molecule has 5 nitrogen and oxygen atoms in total. The van der Waals surface area contributed by atoms with Gasteiger partial charge >= 0.3 is 6.03 Å². The monoisotopic (exact) mass is 412 g/mol. The number of ketones is 1. The van der Waals surface area contributed by atoms with Gasteiger partial charge in [-0.15, -0.1) is 0 Å². The number of benzene rings is 3. The molecule has 0 aromatic heterocycles. The summed E-state index contributed by atoms with van der Waals surface area (Å²) in [7, 11) is 0. The maximum atomic E-state index is 13.4. The highest BCUT2D eigenvalue weighted by atomic mass is 16.2. The van der Waals surface area contributed by atoms with E-state index in [0.29, 0.717) is 5.56 Å². The van der Waals surface area contributed by atoms with Gasteiger partial charge < -0.3 is 5.32 Å². The van der Waals surface area contributed by atoms with Crippen LogP contribution in [-0.2, 0) is 23.2 Å². The number of nitrogens with zero attached hydrogens (tertiary/aromatic N) is 1. The molecule has 1 N–H and O–H groups in total. The number of fused-ring (bicyclic) bond motifs is 2. The van der Waals surface area contributed by atoms with Gasteiger partial charge in [-0.1, -0.05) is 54.6 Å². The second-order valence-corrected chi connectivity index (χ2v) is 8.59. The molecule has 3 aromatic rings. The Morgan fingerprint density at radius 1 is 0.968 bits per heavy atom. The van der Waals surface area contributed by atoms with Crippen LogP contribution in [0.3, 0.4) is 0 Å². The first-order valence-corrected chi connectivity index (χ1v) is 10.7. The van der Waals surface area contributed by atoms with Crippen molar-refractivity contribution in [2.45, 2.75) is 38.1 Å². The van der Waals surface area contributed by atoms with Crippen LogP contribution in [0.5, 0.6) is 0 Å². The Balaban J connectivity index is 1.43. The Labute approximate surface area is 181 Å². The number of nitrogens with one attached hydrogen (secondary N) is 1. The van der Waals surface area contributed by atoms with Crippen LogP contribution in [-0.4, -0.2) is 29.2 Å². The molecule has 0 radical (unpaired) electrons. The van der Waals surface area contributed by atoms with Crippen molar-refractivity contribution in [2.75, 3.05) is 6.54 Å². The number of urea groups is 1. The van der Waals surface area contributed by atoms with E-state index in [1.807, 2.05) is 60.7 Å². The molecular formula is C26H24N2O3. The van der Waals surface area contributed by atoms with E-state index >= 15 is 0 Å². The Kier molecular flexibility index (Phi) is 4.62. The predicted molar refractivity (Wildman–Crippen MR) is 119 cm³/mol. The van der Waals surface area contributed by atoms with Gasteiger partial charge in [-0.05, 0) is 66.1 Å². The molecule has 3 aromatic carbocycles. The summed E-state index contributed by atoms with van der Waals surface area (Å²) >= 11 is 0. The molecule has 5 heteroatoms. The first kappa shape index (κ1) is 19.5. The van der Waals surface area contributed by atoms with E-state index < -0.39 is 17.5 Å². The quantitative estimate of drug-likeness (QED) is 0.511. The maximum Gasteiger partial charge on any atom is 0.325 e. The number of hydrogen-bond donors (Lipinski definition) is 1. The fourth-order valence-corrected chi connectivity index (χ4v) is 4.83. The molecule has 3 amide bonds. The van der Waals surface area contributed by atoms with Gasteiger partial charge in [0.1, 0.15) is 5.54 Å². The van der Waals surface area contributed by atoms with E-state index in [1.165, 1.54) is 17.5 Å². The Bertz CT molecular complexity index is 1230. The van der Waals surface area contributed by atoms with Crippen LogP contribution in [0.25, 0.3) is 10.8 Å². The van der Waals surface area contributed by atoms with Crippen molar-refractivity contribution in [3.8, 4) is 0 Å². The number of imide groups is 1. The van der Waals surface area contributed by atoms with Crippen molar-refractivity contribution in [1.82, 2.24) is 10.2 Å². The van der Waals surface area contributed by atoms with E-state index in [4.69, 9.17) is 0 Å². The zero-order chi connectivity index (χ0) is 21.6. The SMILES string of the molecule is C[C@@]1(c2cccc3ccccc23)NC(=O)N(CC(=O)c2ccc3c(c2)CCCC3)C1=O. The van der Waals surface area contributed by atoms with E-state index in [-0.39, 0.29) is 12.3 Å². The number of carbonyl (C=O) groups excluding carboxylic acids is 3. The third kappa shape index (κ3) is 3.21. The molecule has 0 spiro atoms. The molecule has 1 aliphatic heterocycles. The van der Waals surface area contributed by atoms with Crippen molar-refractivity contribution in [3.63, 3.8) is 0 Å². The molecule has 156 valence electrons. The smallest absolute Gasteiger partial charge is 0.319 e. The summed E-state index contributed by atoms with van der Waals surface area (Å²) in [6.07, 6.45) is 4.31. The van der Waals surface area contributed by atoms with Crippen LogP contribution in [0.1, 0.15) is 46.8 Å². The number of rotatable bonds is 4. The van der Waals surface area contributed by atoms with Crippen LogP contribution in [0.15, 0.2) is 60.7 Å². The minimum atomic E-state index is -1.21. The first-order chi connectivity index (χ1) is 15.0. The van der Waals surface area contributed by atoms with E-state index in [2.05, 4.69) is 5.32 Å². The molecule has 2 aliphatic rings. The molecule has 1 heterocycles. The molecule has 1 saturated heterocycles. The molecule has 0 saturated carbocycles. The van der Waals surface area contributed by atoms with E-state index in [9.17, 15) is 14.4 Å². The van der Waals surface area contributed by atoms with Crippen LogP contribution in [0.2, 0.25) is 0 Å². The van der Waals surface area contributed by atoms with Crippen LogP contribution < -0.4 is 5.32 Å². The van der Waals surface area contributed by atoms with Gasteiger partial charge in [-0.25, -0.2) is 4.79 Å². The fourth-order valence-electron chi connectivity index (χ4n) is 4.83. The molecular weight excluding hydrogens is 388 g/mol. The zero-order valence-electron chi connectivity index (χ0n) is 17.5. The normalized spacial score (nSPS) is 20.6. The Morgan fingerprint density at radius 2 is 1.71 bits per heavy atom. The summed E-state index contributed by atoms with van der Waals surface area (Å²) in [5.74, 6) is -0.626. The summed E-state index contributed by atoms with van der Waals surface area (Å²) in [5, 5.41) is 4.73. The summed E-state index contributed by atoms with van der Waals surface area (Å²) in [6, 6.07) is 18.7. The van der Waals surface area contributed by atoms with Gasteiger partial charge in [0.15, 0.2) is 5.78 Å². The predicted octanol–water partition coefficient (Wildman–Crippen LogP) is 4.37. The third-order valence-electron chi connectivity index (χ3n) is 6.58. The number of Topliss-reactive ketones (excluding diaryl/α,β-unsaturated/α-hetero) is 1. The minimum absolute atomic E-state index is 0.223. The molecule has 0 unspecified atom stereocenters. The molecule has 1 fully saturated rings. The van der Waals surface area contributed by atoms with Crippen LogP contribution in [0, 0.1) is 0 Å². The molecule has 0 bridgehead atoms. The van der Waals surface area contributed by atoms with E-state index in [0.717, 1.165) is 40.5 Å². The van der Waals surface area contributed by atoms with Crippen molar-refractivity contribution in [1.29, 1.82) is 0 Å². The second kappa shape index (κ2) is 7.34. The topological polar surface area (TPSA) is 66.5 Å². The van der Waals surface area contributed by atoms with Gasteiger partial charge in [0.2, 0.25) is 0 Å². The average molecular weight is 412 g/mol. The Hall–Kier alpha value is -3.47. The lowest BCUT2D eigenvalue weighted by atomic mass is 9.87. The molecule has 5 rings (SSSR count). The minimum Gasteiger partial charge on any atom is -0.319 e. The van der Waals surface area contributed by atoms with Crippen LogP contribution >= 0.6 is 0 Å². The zero-order valence-corrected chi connectivity index (χ0v) is 17.5. The van der Waals surface area contributed by atoms with Gasteiger partial charge in [-0.3, -0.25) is 14.5 Å². The molecule has 1 aliphatic carbocycles. The number of amides is 3. The lowest BCUT2D eigenvalue weighted by molar-refractivity contribution is -0.130. The van der Waals surface area contributed by atoms with Crippen molar-refractivity contribution >= 4 is 28.5 Å². The van der Waals surface area contributed by atoms with Gasteiger partial charge in [0, 0.05) is 5.56 Å². The summed E-state index contributed by atoms with van der Waals surface area (Å²) in [5.41, 5.74) is 2.57. The third-order valence-corrected chi connectivity index (χ3v) is 6.58. The Morgan fingerprint density at radius 3 is 2.55 bits per heavy atom.